The van der Waals surface area contributed by atoms with E-state index in [1.165, 1.54) is 44.2 Å². The molecule has 0 unspecified atom stereocenters. The van der Waals surface area contributed by atoms with Crippen molar-refractivity contribution in [3.05, 3.63) is 64.7 Å². The Morgan fingerprint density at radius 3 is 2.43 bits per heavy atom. The van der Waals surface area contributed by atoms with Crippen molar-refractivity contribution in [2.75, 3.05) is 6.79 Å². The summed E-state index contributed by atoms with van der Waals surface area (Å²) in [6, 6.07) is 5.23. The third kappa shape index (κ3) is 6.98. The van der Waals surface area contributed by atoms with Crippen molar-refractivity contribution in [3.8, 4) is 11.5 Å². The van der Waals surface area contributed by atoms with Crippen LogP contribution in [0.15, 0.2) is 47.1 Å². The van der Waals surface area contributed by atoms with Gasteiger partial charge in [-0.3, -0.25) is 4.79 Å². The lowest BCUT2D eigenvalue weighted by Gasteiger charge is -2.41. The Kier molecular flexibility index (Phi) is 10.2. The summed E-state index contributed by atoms with van der Waals surface area (Å²) in [6.45, 7) is 2.66. The Morgan fingerprint density at radius 2 is 1.74 bits per heavy atom. The number of carbonyl (C=O) groups excluding carboxylic acids is 1. The van der Waals surface area contributed by atoms with Crippen molar-refractivity contribution >= 4 is 17.7 Å². The average Bonchev–Trinajstić information content (AvgIpc) is 3.62. The largest absolute Gasteiger partial charge is 0.504 e. The monoisotopic (exact) mass is 651 g/mol. The lowest BCUT2D eigenvalue weighted by atomic mass is 9.83. The van der Waals surface area contributed by atoms with Gasteiger partial charge in [0, 0.05) is 5.57 Å². The first kappa shape index (κ1) is 33.6. The lowest BCUT2D eigenvalue weighted by molar-refractivity contribution is -0.155. The summed E-state index contributed by atoms with van der Waals surface area (Å²) >= 11 is 0. The summed E-state index contributed by atoms with van der Waals surface area (Å²) in [6.07, 6.45) is -8.12. The number of nitrogens with one attached hydrogen (secondary N) is 1. The number of aliphatic hydroxyl groups is 4. The number of carbonyl (C=O) groups is 1. The van der Waals surface area contributed by atoms with E-state index < -0.39 is 78.6 Å². The predicted molar refractivity (Wildman–Crippen MR) is 154 cm³/mol. The smallest absolute Gasteiger partial charge is 0.247 e. The number of oxime groups is 1. The molecule has 46 heavy (non-hydrogen) atoms. The van der Waals surface area contributed by atoms with Crippen LogP contribution in [0.25, 0.3) is 6.08 Å². The number of hydrogen-bond acceptors (Lipinski definition) is 13. The number of phenolic OH excluding ortho intramolecular Hbond substituents is 1. The normalized spacial score (nSPS) is 33.1. The number of halogens is 2. The highest BCUT2D eigenvalue weighted by Gasteiger charge is 2.53. The van der Waals surface area contributed by atoms with Crippen LogP contribution in [0.5, 0.6) is 11.5 Å². The van der Waals surface area contributed by atoms with Crippen LogP contribution in [-0.4, -0.2) is 105 Å². The fraction of sp³-hybridized carbons (Fsp3) is 0.467. The molecule has 2 aromatic carbocycles. The molecule has 1 aliphatic carbocycles. The van der Waals surface area contributed by atoms with Crippen molar-refractivity contribution in [3.63, 3.8) is 0 Å². The third-order valence-electron chi connectivity index (χ3n) is 8.00. The number of amides is 1. The first-order valence-electron chi connectivity index (χ1n) is 14.3. The van der Waals surface area contributed by atoms with Crippen molar-refractivity contribution in [1.82, 2.24) is 5.32 Å². The minimum absolute atomic E-state index is 0.0347. The van der Waals surface area contributed by atoms with Crippen LogP contribution in [0.3, 0.4) is 0 Å². The first-order valence-corrected chi connectivity index (χ1v) is 14.3. The van der Waals surface area contributed by atoms with Gasteiger partial charge in [-0.05, 0) is 55.3 Å². The quantitative estimate of drug-likeness (QED) is 0.107. The highest BCUT2D eigenvalue weighted by atomic mass is 19.2. The summed E-state index contributed by atoms with van der Waals surface area (Å²) in [7, 11) is 0. The molecule has 250 valence electrons. The fourth-order valence-corrected chi connectivity index (χ4v) is 5.41. The first-order chi connectivity index (χ1) is 21.8. The van der Waals surface area contributed by atoms with E-state index in [1.54, 1.807) is 0 Å². The number of benzene rings is 2. The second-order valence-electron chi connectivity index (χ2n) is 11.3. The zero-order chi connectivity index (χ0) is 33.3. The van der Waals surface area contributed by atoms with Crippen LogP contribution in [0.1, 0.15) is 25.0 Å². The van der Waals surface area contributed by atoms with Gasteiger partial charge in [0.15, 0.2) is 23.1 Å². The number of nitrogens with two attached hydrogens (primary N) is 1. The molecule has 0 radical (unpaired) electrons. The van der Waals surface area contributed by atoms with E-state index in [0.29, 0.717) is 11.1 Å². The van der Waals surface area contributed by atoms with E-state index in [-0.39, 0.29) is 36.2 Å². The lowest BCUT2D eigenvalue weighted by Crippen LogP contribution is -2.67. The Bertz CT molecular complexity index is 1490. The molecular weight excluding hydrogens is 616 g/mol. The third-order valence-corrected chi connectivity index (χ3v) is 8.00. The van der Waals surface area contributed by atoms with Crippen LogP contribution in [-0.2, 0) is 30.4 Å². The number of hydrogen-bond donors (Lipinski definition) is 7. The van der Waals surface area contributed by atoms with Gasteiger partial charge in [0.05, 0.1) is 17.8 Å². The van der Waals surface area contributed by atoms with Gasteiger partial charge in [0.2, 0.25) is 12.2 Å². The van der Waals surface area contributed by atoms with E-state index in [4.69, 9.17) is 29.5 Å². The van der Waals surface area contributed by atoms with Gasteiger partial charge in [0.1, 0.15) is 56.1 Å². The molecule has 0 spiro atoms. The highest BCUT2D eigenvalue weighted by Crippen LogP contribution is 2.33. The van der Waals surface area contributed by atoms with Crippen molar-refractivity contribution in [1.29, 1.82) is 0 Å². The minimum Gasteiger partial charge on any atom is -0.504 e. The topological polar surface area (TPSA) is 215 Å². The zero-order valence-corrected chi connectivity index (χ0v) is 24.7. The van der Waals surface area contributed by atoms with E-state index >= 15 is 0 Å². The Balaban J connectivity index is 1.18. The fourth-order valence-electron chi connectivity index (χ4n) is 5.41. The van der Waals surface area contributed by atoms with E-state index in [2.05, 4.69) is 10.5 Å². The van der Waals surface area contributed by atoms with Gasteiger partial charge in [-0.15, -0.1) is 0 Å². The van der Waals surface area contributed by atoms with Gasteiger partial charge in [0.25, 0.3) is 0 Å². The Hall–Kier alpha value is -3.74. The number of ether oxygens (including phenoxy) is 4. The number of aromatic hydroxyl groups is 1. The van der Waals surface area contributed by atoms with Crippen molar-refractivity contribution in [2.24, 2.45) is 10.9 Å². The maximum atomic E-state index is 13.4. The number of rotatable bonds is 9. The molecule has 2 saturated heterocycles. The van der Waals surface area contributed by atoms with E-state index in [0.717, 1.165) is 12.1 Å². The average molecular weight is 652 g/mol. The van der Waals surface area contributed by atoms with E-state index in [9.17, 15) is 39.1 Å². The standard InChI is InChI=1S/C30H35F2N3O11/c1-12(29(41)34-21-23(38)25(40)28-27(24(21)39)42-11-43-28)7-14-4-6-19(18(36)9-14)45-30-20(33)22(37)26(46-30)13(2)35-44-10-15-3-5-16(31)17(32)8-15/h3-9,20-28,30,36-40H,10-11,33H2,1-2H3,(H,34,41)/t20-,21-,22+,23+,24-,25-,26-,27+,28-,30-/m1/s1. The van der Waals surface area contributed by atoms with Gasteiger partial charge in [-0.25, -0.2) is 8.78 Å². The summed E-state index contributed by atoms with van der Waals surface area (Å²) < 4.78 is 48.4. The molecule has 3 fully saturated rings. The predicted octanol–water partition coefficient (Wildman–Crippen LogP) is -0.219. The zero-order valence-electron chi connectivity index (χ0n) is 24.7. The van der Waals surface area contributed by atoms with Gasteiger partial charge < -0.3 is 60.4 Å². The van der Waals surface area contributed by atoms with Gasteiger partial charge in [-0.2, -0.15) is 0 Å². The molecular formula is C30H35F2N3O11. The van der Waals surface area contributed by atoms with Crippen LogP contribution in [0.2, 0.25) is 0 Å². The van der Waals surface area contributed by atoms with Gasteiger partial charge >= 0.3 is 0 Å². The molecule has 2 aromatic rings. The number of phenols is 1. The number of nitrogens with zero attached hydrogens (tertiary/aromatic N) is 1. The maximum absolute atomic E-state index is 13.4. The molecule has 1 amide bonds. The molecule has 3 aliphatic rings. The summed E-state index contributed by atoms with van der Waals surface area (Å²) in [4.78, 5) is 18.0. The van der Waals surface area contributed by atoms with Crippen LogP contribution in [0, 0.1) is 11.6 Å². The maximum Gasteiger partial charge on any atom is 0.247 e. The summed E-state index contributed by atoms with van der Waals surface area (Å²) in [5.41, 5.74) is 7.16. The molecule has 1 saturated carbocycles. The molecule has 14 nitrogen and oxygen atoms in total. The molecule has 10 atom stereocenters. The molecule has 0 aromatic heterocycles. The molecule has 16 heteroatoms. The van der Waals surface area contributed by atoms with Crippen molar-refractivity contribution in [2.45, 2.75) is 81.6 Å². The second kappa shape index (κ2) is 13.9. The molecule has 8 N–H and O–H groups in total. The summed E-state index contributed by atoms with van der Waals surface area (Å²) in [5.74, 6) is -3.03. The van der Waals surface area contributed by atoms with Gasteiger partial charge in [-0.1, -0.05) is 17.3 Å². The van der Waals surface area contributed by atoms with Crippen LogP contribution in [0.4, 0.5) is 8.78 Å². The molecule has 0 bridgehead atoms. The van der Waals surface area contributed by atoms with Crippen LogP contribution < -0.4 is 15.8 Å². The van der Waals surface area contributed by atoms with E-state index in [1.807, 2.05) is 0 Å². The van der Waals surface area contributed by atoms with Crippen LogP contribution >= 0.6 is 0 Å². The molecule has 2 aliphatic heterocycles. The number of aliphatic hydroxyl groups excluding tert-OH is 4. The Labute approximate surface area is 261 Å². The minimum atomic E-state index is -1.51. The Morgan fingerprint density at radius 1 is 1.02 bits per heavy atom. The number of fused-ring (bicyclic) bond motifs is 1. The summed E-state index contributed by atoms with van der Waals surface area (Å²) in [5, 5.41) is 58.9. The highest BCUT2D eigenvalue weighted by molar-refractivity contribution is 5.97. The van der Waals surface area contributed by atoms with Crippen molar-refractivity contribution < 1.29 is 62.9 Å². The molecule has 5 rings (SSSR count). The molecule has 2 heterocycles. The SMILES string of the molecule is CC(=Cc1ccc(O[C@@H]2O[C@H](C(C)=NOCc3ccc(F)c(F)c3)[C@@H](O)[C@H]2N)c(O)c1)C(=O)N[C@@H]1[C@H](O)[C@@H](O)[C@H]2OCO[C@H]2[C@@H]1O. The second-order valence-corrected chi connectivity index (χ2v) is 11.3.